The second-order valence-corrected chi connectivity index (χ2v) is 10.3. The third-order valence-electron chi connectivity index (χ3n) is 7.36. The maximum atomic E-state index is 13.9. The normalized spacial score (nSPS) is 14.3. The van der Waals surface area contributed by atoms with Crippen molar-refractivity contribution in [3.05, 3.63) is 65.6 Å². The number of morpholine rings is 1. The monoisotopic (exact) mass is 594 g/mol. The van der Waals surface area contributed by atoms with Gasteiger partial charge < -0.3 is 43.2 Å². The summed E-state index contributed by atoms with van der Waals surface area (Å²) >= 11 is 0. The smallest absolute Gasteiger partial charge is 0.322 e. The molecule has 1 N–H and O–H groups in total. The summed E-state index contributed by atoms with van der Waals surface area (Å²) < 4.78 is 33.0. The van der Waals surface area contributed by atoms with Gasteiger partial charge in [0.2, 0.25) is 12.7 Å². The molecule has 0 bridgehead atoms. The molecule has 43 heavy (non-hydrogen) atoms. The van der Waals surface area contributed by atoms with Crippen LogP contribution in [-0.2, 0) is 22.6 Å². The summed E-state index contributed by atoms with van der Waals surface area (Å²) in [6, 6.07) is 14.1. The van der Waals surface area contributed by atoms with Gasteiger partial charge in [-0.3, -0.25) is 9.69 Å². The first-order valence-corrected chi connectivity index (χ1v) is 14.2. The molecule has 12 nitrogen and oxygen atoms in total. The number of hydrogen-bond acceptors (Lipinski definition) is 9. The lowest BCUT2D eigenvalue weighted by atomic mass is 10.2. The predicted octanol–water partition coefficient (Wildman–Crippen LogP) is 3.73. The van der Waals surface area contributed by atoms with Crippen LogP contribution in [-0.4, -0.2) is 93.6 Å². The van der Waals surface area contributed by atoms with Crippen molar-refractivity contribution in [2.45, 2.75) is 20.0 Å². The Balaban J connectivity index is 1.35. The van der Waals surface area contributed by atoms with Crippen molar-refractivity contribution >= 4 is 17.6 Å². The summed E-state index contributed by atoms with van der Waals surface area (Å²) in [6.07, 6.45) is 0. The first-order chi connectivity index (χ1) is 20.9. The second-order valence-electron chi connectivity index (χ2n) is 10.3. The van der Waals surface area contributed by atoms with Crippen LogP contribution in [0, 0.1) is 6.92 Å². The summed E-state index contributed by atoms with van der Waals surface area (Å²) in [5, 5.41) is 2.92. The molecule has 2 aliphatic rings. The lowest BCUT2D eigenvalue weighted by Gasteiger charge is -2.31. The van der Waals surface area contributed by atoms with Crippen molar-refractivity contribution in [1.29, 1.82) is 0 Å². The second kappa shape index (κ2) is 14.2. The zero-order valence-electron chi connectivity index (χ0n) is 24.8. The van der Waals surface area contributed by atoms with E-state index in [0.29, 0.717) is 67.3 Å². The summed E-state index contributed by atoms with van der Waals surface area (Å²) in [5.41, 5.74) is 1.34. The molecule has 0 saturated carbocycles. The van der Waals surface area contributed by atoms with E-state index in [4.69, 9.17) is 28.1 Å². The van der Waals surface area contributed by atoms with E-state index in [2.05, 4.69) is 10.2 Å². The minimum Gasteiger partial charge on any atom is -0.497 e. The first kappa shape index (κ1) is 30.1. The van der Waals surface area contributed by atoms with E-state index in [0.717, 1.165) is 24.4 Å². The molecule has 5 rings (SSSR count). The predicted molar refractivity (Wildman–Crippen MR) is 158 cm³/mol. The molecule has 1 fully saturated rings. The zero-order chi connectivity index (χ0) is 30.2. The number of aryl methyl sites for hydroxylation is 1. The molecule has 0 atom stereocenters. The fourth-order valence-electron chi connectivity index (χ4n) is 4.95. The number of carbonyl (C=O) groups excluding carboxylic acids is 2. The highest BCUT2D eigenvalue weighted by Crippen LogP contribution is 2.33. The number of anilines is 1. The van der Waals surface area contributed by atoms with Gasteiger partial charge in [-0.05, 0) is 48.9 Å². The van der Waals surface area contributed by atoms with Crippen molar-refractivity contribution < 1.29 is 37.7 Å². The molecule has 1 aromatic heterocycles. The topological polar surface area (TPSA) is 115 Å². The third-order valence-corrected chi connectivity index (χ3v) is 7.36. The summed E-state index contributed by atoms with van der Waals surface area (Å²) in [4.78, 5) is 33.1. The number of fused-ring (bicyclic) bond motifs is 1. The minimum absolute atomic E-state index is 0.140. The molecule has 0 radical (unpaired) electrons. The number of nitrogens with zero attached hydrogens (tertiary/aromatic N) is 3. The average molecular weight is 595 g/mol. The number of rotatable bonds is 12. The van der Waals surface area contributed by atoms with Crippen molar-refractivity contribution in [3.63, 3.8) is 0 Å². The fourth-order valence-corrected chi connectivity index (χ4v) is 4.95. The summed E-state index contributed by atoms with van der Waals surface area (Å²) in [5.74, 6) is 3.53. The van der Waals surface area contributed by atoms with Gasteiger partial charge in [0.05, 0.1) is 39.7 Å². The molecular formula is C31H38N4O8. The highest BCUT2D eigenvalue weighted by atomic mass is 16.7. The molecule has 3 amide bonds. The van der Waals surface area contributed by atoms with E-state index in [-0.39, 0.29) is 25.8 Å². The Morgan fingerprint density at radius 1 is 0.930 bits per heavy atom. The molecule has 3 aromatic rings. The zero-order valence-corrected chi connectivity index (χ0v) is 24.8. The number of urea groups is 1. The molecule has 0 unspecified atom stereocenters. The van der Waals surface area contributed by atoms with Crippen molar-refractivity contribution in [2.75, 3.05) is 72.3 Å². The number of hydrogen-bond donors (Lipinski definition) is 1. The van der Waals surface area contributed by atoms with Crippen LogP contribution >= 0.6 is 0 Å². The number of nitrogens with one attached hydrogen (secondary N) is 1. The van der Waals surface area contributed by atoms with Gasteiger partial charge in [-0.1, -0.05) is 6.07 Å². The van der Waals surface area contributed by atoms with Crippen LogP contribution in [0.1, 0.15) is 17.1 Å². The van der Waals surface area contributed by atoms with Gasteiger partial charge in [0.25, 0.3) is 0 Å². The number of methoxy groups -OCH3 is 2. The van der Waals surface area contributed by atoms with E-state index in [1.165, 1.54) is 12.0 Å². The number of ether oxygens (including phenoxy) is 5. The van der Waals surface area contributed by atoms with Gasteiger partial charge in [0, 0.05) is 38.8 Å². The van der Waals surface area contributed by atoms with Gasteiger partial charge in [0.15, 0.2) is 11.5 Å². The molecule has 2 aliphatic heterocycles. The first-order valence-electron chi connectivity index (χ1n) is 14.2. The summed E-state index contributed by atoms with van der Waals surface area (Å²) in [7, 11) is 3.08. The van der Waals surface area contributed by atoms with E-state index >= 15 is 0 Å². The lowest BCUT2D eigenvalue weighted by Crippen LogP contribution is -2.48. The van der Waals surface area contributed by atoms with Gasteiger partial charge in [-0.2, -0.15) is 0 Å². The fraction of sp³-hybridized carbons (Fsp3) is 0.419. The van der Waals surface area contributed by atoms with Gasteiger partial charge in [-0.15, -0.1) is 0 Å². The number of benzene rings is 2. The molecule has 2 aromatic carbocycles. The number of furan rings is 1. The Bertz CT molecular complexity index is 1400. The Labute approximate surface area is 251 Å². The van der Waals surface area contributed by atoms with Crippen molar-refractivity contribution in [1.82, 2.24) is 14.7 Å². The van der Waals surface area contributed by atoms with Crippen LogP contribution in [0.2, 0.25) is 0 Å². The lowest BCUT2D eigenvalue weighted by molar-refractivity contribution is -0.133. The van der Waals surface area contributed by atoms with E-state index in [9.17, 15) is 9.59 Å². The van der Waals surface area contributed by atoms with Crippen LogP contribution < -0.4 is 24.3 Å². The minimum atomic E-state index is -0.415. The average Bonchev–Trinajstić information content (AvgIpc) is 3.67. The Kier molecular flexibility index (Phi) is 9.90. The maximum absolute atomic E-state index is 13.9. The van der Waals surface area contributed by atoms with Crippen LogP contribution in [0.5, 0.6) is 23.0 Å². The number of carbonyl (C=O) groups is 2. The third kappa shape index (κ3) is 7.90. The van der Waals surface area contributed by atoms with Gasteiger partial charge in [-0.25, -0.2) is 4.79 Å². The molecule has 12 heteroatoms. The van der Waals surface area contributed by atoms with Crippen molar-refractivity contribution in [3.8, 4) is 23.0 Å². The highest BCUT2D eigenvalue weighted by Gasteiger charge is 2.25. The molecule has 1 saturated heterocycles. The van der Waals surface area contributed by atoms with Gasteiger partial charge >= 0.3 is 6.03 Å². The van der Waals surface area contributed by atoms with E-state index < -0.39 is 6.03 Å². The van der Waals surface area contributed by atoms with Gasteiger partial charge in [0.1, 0.15) is 29.6 Å². The molecule has 230 valence electrons. The van der Waals surface area contributed by atoms with E-state index in [1.54, 1.807) is 30.2 Å². The van der Waals surface area contributed by atoms with Crippen molar-refractivity contribution in [2.24, 2.45) is 0 Å². The maximum Gasteiger partial charge on any atom is 0.322 e. The standard InChI is InChI=1S/C31H38N4O8/c1-22-4-6-25(43-22)19-35(18-23-5-9-27-29(16-23)42-21-41-27)30(36)20-34(11-10-33-12-14-40-15-13-33)31(37)32-26-8-7-24(38-2)17-28(26)39-3/h4-9,16-17H,10-15,18-21H2,1-3H3,(H,32,37). The van der Waals surface area contributed by atoms with Crippen LogP contribution in [0.4, 0.5) is 10.5 Å². The quantitative estimate of drug-likeness (QED) is 0.335. The number of amides is 3. The Morgan fingerprint density at radius 3 is 2.49 bits per heavy atom. The van der Waals surface area contributed by atoms with Crippen LogP contribution in [0.15, 0.2) is 52.9 Å². The molecular weight excluding hydrogens is 556 g/mol. The molecule has 3 heterocycles. The Morgan fingerprint density at radius 2 is 1.74 bits per heavy atom. The van der Waals surface area contributed by atoms with Crippen LogP contribution in [0.3, 0.4) is 0 Å². The Hall–Kier alpha value is -4.42. The summed E-state index contributed by atoms with van der Waals surface area (Å²) in [6.45, 7) is 6.18. The molecule has 0 spiro atoms. The van der Waals surface area contributed by atoms with Crippen LogP contribution in [0.25, 0.3) is 0 Å². The SMILES string of the molecule is COc1ccc(NC(=O)N(CCN2CCOCC2)CC(=O)N(Cc2ccc3c(c2)OCO3)Cc2ccc(C)o2)c(OC)c1. The molecule has 0 aliphatic carbocycles. The largest absolute Gasteiger partial charge is 0.497 e. The van der Waals surface area contributed by atoms with E-state index in [1.807, 2.05) is 37.3 Å². The highest BCUT2D eigenvalue weighted by molar-refractivity contribution is 5.93.